The van der Waals surface area contributed by atoms with Gasteiger partial charge in [0.25, 0.3) is 0 Å². The van der Waals surface area contributed by atoms with Crippen molar-refractivity contribution < 1.29 is 58.2 Å². The zero-order chi connectivity index (χ0) is 23.2. The zero-order valence-corrected chi connectivity index (χ0v) is 23.3. The molecular formula is C28H24Cl2N2O2Zr. The van der Waals surface area contributed by atoms with Gasteiger partial charge in [-0.1, -0.05) is 0 Å². The molecule has 0 atom stereocenters. The third-order valence-electron chi connectivity index (χ3n) is 5.23. The van der Waals surface area contributed by atoms with Crippen molar-refractivity contribution in [3.8, 4) is 0 Å². The van der Waals surface area contributed by atoms with E-state index in [-0.39, 0.29) is 36.6 Å². The van der Waals surface area contributed by atoms with Crippen molar-refractivity contribution in [2.24, 2.45) is 0 Å². The molecule has 0 aliphatic rings. The molecule has 4 nitrogen and oxygen atoms in total. The monoisotopic (exact) mass is 580 g/mol. The van der Waals surface area contributed by atoms with Crippen LogP contribution in [0.15, 0.2) is 109 Å². The molecule has 0 unspecified atom stereocenters. The van der Waals surface area contributed by atoms with E-state index >= 15 is 0 Å². The van der Waals surface area contributed by atoms with Gasteiger partial charge >= 0.3 is 208 Å². The number of halogens is 2. The molecule has 2 amide bonds. The maximum atomic E-state index is 13.7. The minimum atomic E-state index is -1.97. The Balaban J connectivity index is 0.00000216. The quantitative estimate of drug-likeness (QED) is 0.327. The number of nitrogens with zero attached hydrogens (tertiary/aromatic N) is 2. The Morgan fingerprint density at radius 2 is 0.829 bits per heavy atom. The van der Waals surface area contributed by atoms with Crippen molar-refractivity contribution in [2.75, 3.05) is 5.69 Å². The first-order valence-electron chi connectivity index (χ1n) is 10.7. The van der Waals surface area contributed by atoms with Crippen LogP contribution in [-0.4, -0.2) is 11.8 Å². The van der Waals surface area contributed by atoms with Gasteiger partial charge in [0.1, 0.15) is 0 Å². The summed E-state index contributed by atoms with van der Waals surface area (Å²) < 4.78 is 3.63. The number of carbonyl (C=O) groups excluding carboxylic acids is 2. The van der Waals surface area contributed by atoms with Gasteiger partial charge in [0.2, 0.25) is 0 Å². The van der Waals surface area contributed by atoms with E-state index in [0.717, 1.165) is 22.5 Å². The van der Waals surface area contributed by atoms with E-state index in [1.165, 1.54) is 0 Å². The Kier molecular flexibility index (Phi) is 10.9. The largest absolute Gasteiger partial charge is 1.00 e. The van der Waals surface area contributed by atoms with Crippen LogP contribution in [0.25, 0.3) is 0 Å². The van der Waals surface area contributed by atoms with Crippen LogP contribution < -0.4 is 30.5 Å². The van der Waals surface area contributed by atoms with E-state index in [4.69, 9.17) is 0 Å². The van der Waals surface area contributed by atoms with Crippen LogP contribution in [0, 0.1) is 13.8 Å². The van der Waals surface area contributed by atoms with Crippen LogP contribution in [0.3, 0.4) is 0 Å². The smallest absolute Gasteiger partial charge is 1.00 e. The Bertz CT molecular complexity index is 1140. The van der Waals surface area contributed by atoms with Crippen LogP contribution in [-0.2, 0) is 23.8 Å². The van der Waals surface area contributed by atoms with Gasteiger partial charge in [-0.2, -0.15) is 0 Å². The fourth-order valence-corrected chi connectivity index (χ4v) is 6.22. The first kappa shape index (κ1) is 28.5. The molecule has 35 heavy (non-hydrogen) atoms. The summed E-state index contributed by atoms with van der Waals surface area (Å²) in [6.45, 7) is 3.99. The molecule has 4 aromatic rings. The maximum Gasteiger partial charge on any atom is -1.00 e. The van der Waals surface area contributed by atoms with Crippen molar-refractivity contribution in [3.05, 3.63) is 131 Å². The van der Waals surface area contributed by atoms with Crippen molar-refractivity contribution in [2.45, 2.75) is 13.8 Å². The van der Waals surface area contributed by atoms with Gasteiger partial charge in [-0.15, -0.1) is 0 Å². The van der Waals surface area contributed by atoms with E-state index in [0.29, 0.717) is 11.1 Å². The number of amides is 2. The average molecular weight is 583 g/mol. The Morgan fingerprint density at radius 1 is 0.514 bits per heavy atom. The summed E-state index contributed by atoms with van der Waals surface area (Å²) in [5.74, 6) is -0.184. The molecule has 0 saturated heterocycles. The van der Waals surface area contributed by atoms with Crippen LogP contribution in [0.1, 0.15) is 31.8 Å². The van der Waals surface area contributed by atoms with Gasteiger partial charge in [-0.3, -0.25) is 0 Å². The molecule has 0 saturated carbocycles. The number of rotatable bonds is 6. The van der Waals surface area contributed by atoms with Crippen LogP contribution in [0.4, 0.5) is 11.4 Å². The molecule has 176 valence electrons. The summed E-state index contributed by atoms with van der Waals surface area (Å²) in [5.41, 5.74) is 5.01. The summed E-state index contributed by atoms with van der Waals surface area (Å²) >= 11 is -1.97. The summed E-state index contributed by atoms with van der Waals surface area (Å²) in [6.07, 6.45) is 0. The van der Waals surface area contributed by atoms with Crippen molar-refractivity contribution >= 4 is 23.2 Å². The van der Waals surface area contributed by atoms with Gasteiger partial charge in [0, 0.05) is 0 Å². The Hall–Kier alpha value is -2.72. The van der Waals surface area contributed by atoms with Crippen molar-refractivity contribution in [3.63, 3.8) is 0 Å². The minimum absolute atomic E-state index is 0. The van der Waals surface area contributed by atoms with Gasteiger partial charge in [0.05, 0.1) is 0 Å². The van der Waals surface area contributed by atoms with E-state index in [2.05, 4.69) is 0 Å². The molecule has 0 aliphatic heterocycles. The van der Waals surface area contributed by atoms with Crippen LogP contribution in [0.2, 0.25) is 0 Å². The second kappa shape index (κ2) is 13.4. The summed E-state index contributed by atoms with van der Waals surface area (Å²) in [4.78, 5) is 27.3. The van der Waals surface area contributed by atoms with E-state index in [9.17, 15) is 9.59 Å². The van der Waals surface area contributed by atoms with E-state index in [1.807, 2.05) is 129 Å². The van der Waals surface area contributed by atoms with Crippen LogP contribution >= 0.6 is 0 Å². The summed E-state index contributed by atoms with van der Waals surface area (Å²) in [5, 5.41) is 0. The van der Waals surface area contributed by atoms with E-state index < -0.39 is 23.8 Å². The molecule has 0 heterocycles. The second-order valence-corrected chi connectivity index (χ2v) is 10.5. The third kappa shape index (κ3) is 7.14. The first-order chi connectivity index (χ1) is 16.0. The number of carbonyl (C=O) groups is 2. The fraction of sp³-hybridized carbons (Fsp3) is 0.0714. The molecule has 0 fully saturated rings. The van der Waals surface area contributed by atoms with Crippen molar-refractivity contribution in [1.29, 1.82) is 0 Å². The first-order valence-corrected chi connectivity index (χ1v) is 12.9. The number of hydrogen-bond acceptors (Lipinski definition) is 2. The number of anilines is 2. The predicted molar refractivity (Wildman–Crippen MR) is 129 cm³/mol. The van der Waals surface area contributed by atoms with Crippen molar-refractivity contribution in [1.82, 2.24) is 0 Å². The average Bonchev–Trinajstić information content (AvgIpc) is 2.86. The number of aryl methyl sites for hydroxylation is 2. The SMILES string of the molecule is Cc1ccc(C(=O)[N]([Zr+2][N](C(=O)c2ccc(C)cc2)c2ccccc2)c2ccccc2)cc1.[Cl-].[Cl-]. The standard InChI is InChI=1S/2C14H13NO.2ClH.Zr/c2*1-11-7-9-12(10-8-11)14(16)15-13-5-3-2-4-6-13;;;/h2*2-10H,1H3,(H,15,16);2*1H;/q;;;;+4/p-4. The summed E-state index contributed by atoms with van der Waals surface area (Å²) in [6, 6.07) is 34.4. The molecule has 0 bridgehead atoms. The van der Waals surface area contributed by atoms with Gasteiger partial charge < -0.3 is 24.8 Å². The second-order valence-electron chi connectivity index (χ2n) is 7.78. The number of para-hydroxylation sites is 2. The number of benzene rings is 4. The normalized spacial score (nSPS) is 9.66. The number of hydrogen-bond donors (Lipinski definition) is 0. The van der Waals surface area contributed by atoms with Crippen LogP contribution in [0.5, 0.6) is 0 Å². The third-order valence-corrected chi connectivity index (χ3v) is 8.48. The van der Waals surface area contributed by atoms with E-state index in [1.54, 1.807) is 0 Å². The molecule has 4 aromatic carbocycles. The van der Waals surface area contributed by atoms with Gasteiger partial charge in [-0.05, 0) is 0 Å². The molecule has 0 aliphatic carbocycles. The van der Waals surface area contributed by atoms with Gasteiger partial charge in [-0.25, -0.2) is 0 Å². The Labute approximate surface area is 231 Å². The minimum Gasteiger partial charge on any atom is -1.00 e. The molecule has 0 radical (unpaired) electrons. The Morgan fingerprint density at radius 3 is 1.14 bits per heavy atom. The molecule has 7 heteroatoms. The topological polar surface area (TPSA) is 40.6 Å². The maximum absolute atomic E-state index is 13.7. The summed E-state index contributed by atoms with van der Waals surface area (Å²) in [7, 11) is 0. The molecular weight excluding hydrogens is 558 g/mol. The molecule has 0 aromatic heterocycles. The fourth-order valence-electron chi connectivity index (χ4n) is 3.35. The predicted octanol–water partition coefficient (Wildman–Crippen LogP) is 0.218. The molecule has 0 N–H and O–H groups in total. The molecule has 4 rings (SSSR count). The molecule has 0 spiro atoms. The zero-order valence-electron chi connectivity index (χ0n) is 19.4. The van der Waals surface area contributed by atoms with Gasteiger partial charge in [0.15, 0.2) is 0 Å².